The molecule has 0 atom stereocenters. The number of aryl methyl sites for hydroxylation is 1. The lowest BCUT2D eigenvalue weighted by molar-refractivity contribution is 0.208. The van der Waals surface area contributed by atoms with E-state index in [1.54, 1.807) is 18.0 Å². The molecule has 1 rings (SSSR count). The molecule has 0 spiro atoms. The van der Waals surface area contributed by atoms with Crippen LogP contribution >= 0.6 is 0 Å². The fourth-order valence-corrected chi connectivity index (χ4v) is 1.41. The molecule has 0 aliphatic rings. The molecule has 3 heteroatoms. The highest BCUT2D eigenvalue weighted by Gasteiger charge is 2.08. The minimum atomic E-state index is -0.0804. The Balaban J connectivity index is 2.57. The number of amides is 2. The molecule has 0 aliphatic heterocycles. The molecule has 0 fully saturated rings. The lowest BCUT2D eigenvalue weighted by Gasteiger charge is -2.18. The molecule has 0 saturated carbocycles. The number of carbonyl (C=O) groups excluding carboxylic acids is 1. The van der Waals surface area contributed by atoms with Crippen molar-refractivity contribution in [3.63, 3.8) is 0 Å². The third kappa shape index (κ3) is 3.42. The molecule has 0 bridgehead atoms. The Morgan fingerprint density at radius 1 is 1.50 bits per heavy atom. The van der Waals surface area contributed by atoms with Crippen molar-refractivity contribution in [3.8, 4) is 0 Å². The summed E-state index contributed by atoms with van der Waals surface area (Å²) in [6.45, 7) is 6.72. The van der Waals surface area contributed by atoms with Crippen LogP contribution in [0.1, 0.15) is 11.1 Å². The van der Waals surface area contributed by atoms with E-state index in [9.17, 15) is 4.79 Å². The van der Waals surface area contributed by atoms with Gasteiger partial charge in [-0.3, -0.25) is 0 Å². The molecule has 0 radical (unpaired) electrons. The van der Waals surface area contributed by atoms with E-state index in [-0.39, 0.29) is 6.03 Å². The van der Waals surface area contributed by atoms with Crippen molar-refractivity contribution in [1.29, 1.82) is 0 Å². The smallest absolute Gasteiger partial charge is 0.317 e. The first-order valence-electron chi connectivity index (χ1n) is 5.29. The van der Waals surface area contributed by atoms with Crippen molar-refractivity contribution in [2.24, 2.45) is 0 Å². The maximum atomic E-state index is 11.6. The largest absolute Gasteiger partial charge is 0.335 e. The number of nitrogens with one attached hydrogen (secondary N) is 1. The van der Waals surface area contributed by atoms with Crippen LogP contribution in [0, 0.1) is 6.92 Å². The second-order valence-corrected chi connectivity index (χ2v) is 3.76. The van der Waals surface area contributed by atoms with E-state index >= 15 is 0 Å². The molecule has 2 amide bonds. The number of hydrogen-bond donors (Lipinski definition) is 1. The summed E-state index contributed by atoms with van der Waals surface area (Å²) in [6.07, 6.45) is 1.67. The summed E-state index contributed by atoms with van der Waals surface area (Å²) in [5, 5.41) is 2.74. The Bertz CT molecular complexity index is 374. The quantitative estimate of drug-likeness (QED) is 0.773. The van der Waals surface area contributed by atoms with Gasteiger partial charge in [0, 0.05) is 20.1 Å². The minimum Gasteiger partial charge on any atom is -0.335 e. The second-order valence-electron chi connectivity index (χ2n) is 3.76. The zero-order valence-electron chi connectivity index (χ0n) is 9.86. The molecule has 0 saturated heterocycles. The predicted molar refractivity (Wildman–Crippen MR) is 66.2 cm³/mol. The molecular formula is C13H18N2O. The number of hydrogen-bond acceptors (Lipinski definition) is 1. The van der Waals surface area contributed by atoms with Gasteiger partial charge >= 0.3 is 6.03 Å². The lowest BCUT2D eigenvalue weighted by atomic mass is 10.1. The normalized spacial score (nSPS) is 9.62. The third-order valence-electron chi connectivity index (χ3n) is 2.41. The molecule has 16 heavy (non-hydrogen) atoms. The van der Waals surface area contributed by atoms with Gasteiger partial charge in [0.05, 0.1) is 0 Å². The van der Waals surface area contributed by atoms with E-state index < -0.39 is 0 Å². The molecule has 86 valence electrons. The average Bonchev–Trinajstić information content (AvgIpc) is 2.28. The van der Waals surface area contributed by atoms with E-state index in [1.807, 2.05) is 31.2 Å². The maximum Gasteiger partial charge on any atom is 0.317 e. The SMILES string of the molecule is C=CCNC(=O)N(C)Cc1ccccc1C. The van der Waals surface area contributed by atoms with Crippen molar-refractivity contribution in [2.75, 3.05) is 13.6 Å². The summed E-state index contributed by atoms with van der Waals surface area (Å²) in [5.74, 6) is 0. The average molecular weight is 218 g/mol. The van der Waals surface area contributed by atoms with Gasteiger partial charge in [0.2, 0.25) is 0 Å². The fraction of sp³-hybridized carbons (Fsp3) is 0.308. The first kappa shape index (κ1) is 12.3. The maximum absolute atomic E-state index is 11.6. The Labute approximate surface area is 96.8 Å². The van der Waals surface area contributed by atoms with Gasteiger partial charge < -0.3 is 10.2 Å². The molecule has 0 aromatic heterocycles. The number of nitrogens with zero attached hydrogens (tertiary/aromatic N) is 1. The summed E-state index contributed by atoms with van der Waals surface area (Å²) >= 11 is 0. The summed E-state index contributed by atoms with van der Waals surface area (Å²) in [5.41, 5.74) is 2.37. The Morgan fingerprint density at radius 3 is 2.81 bits per heavy atom. The Morgan fingerprint density at radius 2 is 2.19 bits per heavy atom. The molecule has 0 aliphatic carbocycles. The first-order valence-corrected chi connectivity index (χ1v) is 5.29. The van der Waals surface area contributed by atoms with E-state index in [0.29, 0.717) is 13.1 Å². The van der Waals surface area contributed by atoms with E-state index in [2.05, 4.69) is 11.9 Å². The van der Waals surface area contributed by atoms with Crippen molar-refractivity contribution in [2.45, 2.75) is 13.5 Å². The van der Waals surface area contributed by atoms with Gasteiger partial charge in [0.1, 0.15) is 0 Å². The highest BCUT2D eigenvalue weighted by molar-refractivity contribution is 5.74. The molecule has 1 aromatic carbocycles. The van der Waals surface area contributed by atoms with Gasteiger partial charge in [-0.25, -0.2) is 4.79 Å². The van der Waals surface area contributed by atoms with Crippen LogP contribution in [0.4, 0.5) is 4.79 Å². The van der Waals surface area contributed by atoms with Gasteiger partial charge in [-0.15, -0.1) is 6.58 Å². The zero-order chi connectivity index (χ0) is 12.0. The predicted octanol–water partition coefficient (Wildman–Crippen LogP) is 2.32. The van der Waals surface area contributed by atoms with E-state index in [0.717, 1.165) is 0 Å². The summed E-state index contributed by atoms with van der Waals surface area (Å²) in [4.78, 5) is 13.2. The summed E-state index contributed by atoms with van der Waals surface area (Å²) < 4.78 is 0. The van der Waals surface area contributed by atoms with Gasteiger partial charge in [-0.05, 0) is 18.1 Å². The highest BCUT2D eigenvalue weighted by atomic mass is 16.2. The molecule has 0 unspecified atom stereocenters. The topological polar surface area (TPSA) is 32.3 Å². The number of carbonyl (C=O) groups is 1. The van der Waals surface area contributed by atoms with Crippen LogP contribution in [-0.4, -0.2) is 24.5 Å². The van der Waals surface area contributed by atoms with Crippen molar-refractivity contribution in [3.05, 3.63) is 48.0 Å². The summed E-state index contributed by atoms with van der Waals surface area (Å²) in [6, 6.07) is 7.98. The number of urea groups is 1. The van der Waals surface area contributed by atoms with Gasteiger partial charge in [0.15, 0.2) is 0 Å². The minimum absolute atomic E-state index is 0.0804. The van der Waals surface area contributed by atoms with Gasteiger partial charge in [-0.1, -0.05) is 30.3 Å². The van der Waals surface area contributed by atoms with Crippen molar-refractivity contribution >= 4 is 6.03 Å². The molecule has 0 heterocycles. The zero-order valence-corrected chi connectivity index (χ0v) is 9.86. The second kappa shape index (κ2) is 5.95. The first-order chi connectivity index (χ1) is 7.65. The molecule has 1 N–H and O–H groups in total. The van der Waals surface area contributed by atoms with Crippen LogP contribution in [0.25, 0.3) is 0 Å². The fourth-order valence-electron chi connectivity index (χ4n) is 1.41. The molecular weight excluding hydrogens is 200 g/mol. The molecule has 1 aromatic rings. The standard InChI is InChI=1S/C13H18N2O/c1-4-9-14-13(16)15(3)10-12-8-6-5-7-11(12)2/h4-8H,1,9-10H2,2-3H3,(H,14,16). The Hall–Kier alpha value is -1.77. The number of rotatable bonds is 4. The van der Waals surface area contributed by atoms with Crippen LogP contribution in [0.15, 0.2) is 36.9 Å². The van der Waals surface area contributed by atoms with Crippen molar-refractivity contribution < 1.29 is 4.79 Å². The van der Waals surface area contributed by atoms with Gasteiger partial charge in [-0.2, -0.15) is 0 Å². The van der Waals surface area contributed by atoms with Crippen LogP contribution in [0.2, 0.25) is 0 Å². The summed E-state index contributed by atoms with van der Waals surface area (Å²) in [7, 11) is 1.78. The highest BCUT2D eigenvalue weighted by Crippen LogP contribution is 2.09. The third-order valence-corrected chi connectivity index (χ3v) is 2.41. The molecule has 3 nitrogen and oxygen atoms in total. The van der Waals surface area contributed by atoms with Crippen molar-refractivity contribution in [1.82, 2.24) is 10.2 Å². The van der Waals surface area contributed by atoms with E-state index in [1.165, 1.54) is 11.1 Å². The monoisotopic (exact) mass is 218 g/mol. The van der Waals surface area contributed by atoms with Gasteiger partial charge in [0.25, 0.3) is 0 Å². The Kier molecular flexibility index (Phi) is 4.58. The number of benzene rings is 1. The van der Waals surface area contributed by atoms with Crippen LogP contribution in [0.3, 0.4) is 0 Å². The van der Waals surface area contributed by atoms with E-state index in [4.69, 9.17) is 0 Å². The van der Waals surface area contributed by atoms with Crippen LogP contribution < -0.4 is 5.32 Å². The van der Waals surface area contributed by atoms with Crippen LogP contribution in [-0.2, 0) is 6.54 Å². The lowest BCUT2D eigenvalue weighted by Crippen LogP contribution is -2.36. The van der Waals surface area contributed by atoms with Crippen LogP contribution in [0.5, 0.6) is 0 Å².